The monoisotopic (exact) mass is 406 g/mol. The zero-order chi connectivity index (χ0) is 21.5. The van der Waals surface area contributed by atoms with E-state index in [1.54, 1.807) is 0 Å². The molecule has 5 nitrogen and oxygen atoms in total. The van der Waals surface area contributed by atoms with Crippen molar-refractivity contribution >= 4 is 17.2 Å². The maximum atomic E-state index is 12.8. The molecule has 3 rings (SSSR count). The predicted molar refractivity (Wildman–Crippen MR) is 124 cm³/mol. The van der Waals surface area contributed by atoms with E-state index in [9.17, 15) is 4.79 Å². The van der Waals surface area contributed by atoms with Crippen LogP contribution in [0.25, 0.3) is 5.65 Å². The fraction of sp³-hybridized carbons (Fsp3) is 0.440. The van der Waals surface area contributed by atoms with Crippen molar-refractivity contribution in [1.82, 2.24) is 14.7 Å². The van der Waals surface area contributed by atoms with Crippen molar-refractivity contribution < 1.29 is 4.79 Å². The number of fused-ring (bicyclic) bond motifs is 1. The third-order valence-electron chi connectivity index (χ3n) is 5.67. The average Bonchev–Trinajstić information content (AvgIpc) is 3.17. The molecule has 0 bridgehead atoms. The number of rotatable bonds is 10. The van der Waals surface area contributed by atoms with E-state index >= 15 is 0 Å². The quantitative estimate of drug-likeness (QED) is 0.486. The van der Waals surface area contributed by atoms with E-state index in [0.717, 1.165) is 41.1 Å². The molecule has 30 heavy (non-hydrogen) atoms. The molecule has 0 aliphatic carbocycles. The Labute approximate surface area is 180 Å². The van der Waals surface area contributed by atoms with Gasteiger partial charge in [-0.25, -0.2) is 4.98 Å². The van der Waals surface area contributed by atoms with E-state index in [1.807, 2.05) is 32.6 Å². The molecule has 0 radical (unpaired) electrons. The maximum absolute atomic E-state index is 12.8. The van der Waals surface area contributed by atoms with Gasteiger partial charge in [-0.1, -0.05) is 44.4 Å². The Balaban J connectivity index is 1.85. The molecule has 160 valence electrons. The summed E-state index contributed by atoms with van der Waals surface area (Å²) in [6.45, 7) is 5.01. The minimum Gasteiger partial charge on any atom is -0.378 e. The number of carbonyl (C=O) groups is 1. The van der Waals surface area contributed by atoms with Gasteiger partial charge in [0.05, 0.1) is 5.69 Å². The summed E-state index contributed by atoms with van der Waals surface area (Å²) in [5, 5.41) is 3.12. The first-order valence-electron chi connectivity index (χ1n) is 11.0. The van der Waals surface area contributed by atoms with Crippen LogP contribution < -0.4 is 10.2 Å². The number of hydrogen-bond donors (Lipinski definition) is 1. The SMILES string of the molecule is CCCCCCNC(=O)CC(c1ccc(N(C)C)cc1)c1cnc2c(C)cccn12. The largest absolute Gasteiger partial charge is 0.378 e. The van der Waals surface area contributed by atoms with Crippen molar-refractivity contribution in [3.8, 4) is 0 Å². The minimum absolute atomic E-state index is 0.0475. The molecule has 0 saturated heterocycles. The molecule has 0 fully saturated rings. The number of carbonyl (C=O) groups excluding carboxylic acids is 1. The standard InChI is InChI=1S/C25H34N4O/c1-5-6-7-8-15-26-24(30)17-22(20-11-13-21(14-12-20)28(3)4)23-18-27-25-19(2)10-9-16-29(23)25/h9-14,16,18,22H,5-8,15,17H2,1-4H3,(H,26,30). The van der Waals surface area contributed by atoms with E-state index in [4.69, 9.17) is 0 Å². The summed E-state index contributed by atoms with van der Waals surface area (Å²) in [7, 11) is 4.07. The zero-order valence-electron chi connectivity index (χ0n) is 18.7. The van der Waals surface area contributed by atoms with Gasteiger partial charge in [-0.15, -0.1) is 0 Å². The summed E-state index contributed by atoms with van der Waals surface area (Å²) in [6.07, 6.45) is 8.99. The van der Waals surface area contributed by atoms with Gasteiger partial charge in [0.25, 0.3) is 0 Å². The summed E-state index contributed by atoms with van der Waals surface area (Å²) < 4.78 is 2.12. The number of amides is 1. The lowest BCUT2D eigenvalue weighted by atomic mass is 9.92. The number of nitrogens with zero attached hydrogens (tertiary/aromatic N) is 3. The van der Waals surface area contributed by atoms with Crippen molar-refractivity contribution in [1.29, 1.82) is 0 Å². The Morgan fingerprint density at radius 1 is 1.13 bits per heavy atom. The molecular weight excluding hydrogens is 372 g/mol. The van der Waals surface area contributed by atoms with Gasteiger partial charge in [0.2, 0.25) is 5.91 Å². The van der Waals surface area contributed by atoms with Gasteiger partial charge in [-0.3, -0.25) is 4.79 Å². The highest BCUT2D eigenvalue weighted by Crippen LogP contribution is 2.30. The first-order valence-corrected chi connectivity index (χ1v) is 11.0. The van der Waals surface area contributed by atoms with Crippen LogP contribution in [0.2, 0.25) is 0 Å². The lowest BCUT2D eigenvalue weighted by molar-refractivity contribution is -0.121. The average molecular weight is 407 g/mol. The number of benzene rings is 1. The molecule has 3 aromatic rings. The third-order valence-corrected chi connectivity index (χ3v) is 5.67. The summed E-state index contributed by atoms with van der Waals surface area (Å²) in [5.41, 5.74) is 5.40. The van der Waals surface area contributed by atoms with Gasteiger partial charge in [0.15, 0.2) is 0 Å². The lowest BCUT2D eigenvalue weighted by Crippen LogP contribution is -2.26. The van der Waals surface area contributed by atoms with Crippen molar-refractivity contribution in [2.45, 2.75) is 51.9 Å². The summed E-state index contributed by atoms with van der Waals surface area (Å²) in [4.78, 5) is 19.5. The Kier molecular flexibility index (Phi) is 7.50. The van der Waals surface area contributed by atoms with Crippen molar-refractivity contribution in [2.24, 2.45) is 0 Å². The normalized spacial score (nSPS) is 12.1. The van der Waals surface area contributed by atoms with Crippen LogP contribution in [0.1, 0.15) is 61.8 Å². The zero-order valence-corrected chi connectivity index (χ0v) is 18.7. The highest BCUT2D eigenvalue weighted by molar-refractivity contribution is 5.77. The molecular formula is C25H34N4O. The number of nitrogens with one attached hydrogen (secondary N) is 1. The second kappa shape index (κ2) is 10.3. The third kappa shape index (κ3) is 5.21. The number of anilines is 1. The molecule has 0 saturated carbocycles. The van der Waals surface area contributed by atoms with E-state index in [0.29, 0.717) is 6.42 Å². The highest BCUT2D eigenvalue weighted by atomic mass is 16.1. The van der Waals surface area contributed by atoms with Crippen LogP contribution in [0.15, 0.2) is 48.8 Å². The van der Waals surface area contributed by atoms with Gasteiger partial charge in [0.1, 0.15) is 5.65 Å². The van der Waals surface area contributed by atoms with Gasteiger partial charge in [-0.2, -0.15) is 0 Å². The second-order valence-electron chi connectivity index (χ2n) is 8.22. The highest BCUT2D eigenvalue weighted by Gasteiger charge is 2.22. The number of imidazole rings is 1. The first-order chi connectivity index (χ1) is 14.5. The molecule has 1 aromatic carbocycles. The first kappa shape index (κ1) is 21.9. The molecule has 0 spiro atoms. The van der Waals surface area contributed by atoms with Crippen LogP contribution in [0.5, 0.6) is 0 Å². The minimum atomic E-state index is -0.0475. The Morgan fingerprint density at radius 2 is 1.90 bits per heavy atom. The Bertz CT molecular complexity index is 959. The Morgan fingerprint density at radius 3 is 2.60 bits per heavy atom. The summed E-state index contributed by atoms with van der Waals surface area (Å²) >= 11 is 0. The molecule has 2 aromatic heterocycles. The van der Waals surface area contributed by atoms with Gasteiger partial charge < -0.3 is 14.6 Å². The van der Waals surface area contributed by atoms with Crippen LogP contribution in [0.4, 0.5) is 5.69 Å². The van der Waals surface area contributed by atoms with Crippen LogP contribution in [0, 0.1) is 6.92 Å². The fourth-order valence-electron chi connectivity index (χ4n) is 3.86. The van der Waals surface area contributed by atoms with E-state index < -0.39 is 0 Å². The molecule has 0 aliphatic rings. The van der Waals surface area contributed by atoms with Gasteiger partial charge in [-0.05, 0) is 42.7 Å². The van der Waals surface area contributed by atoms with Gasteiger partial charge >= 0.3 is 0 Å². The lowest BCUT2D eigenvalue weighted by Gasteiger charge is -2.19. The van der Waals surface area contributed by atoms with E-state index in [-0.39, 0.29) is 11.8 Å². The molecule has 1 unspecified atom stereocenters. The summed E-state index contributed by atoms with van der Waals surface area (Å²) in [6, 6.07) is 12.6. The smallest absolute Gasteiger partial charge is 0.221 e. The topological polar surface area (TPSA) is 49.6 Å². The molecule has 0 aliphatic heterocycles. The van der Waals surface area contributed by atoms with E-state index in [2.05, 4.69) is 63.8 Å². The number of aryl methyl sites for hydroxylation is 1. The molecule has 1 amide bonds. The Hall–Kier alpha value is -2.82. The predicted octanol–water partition coefficient (Wildman–Crippen LogP) is 4.93. The molecule has 2 heterocycles. The maximum Gasteiger partial charge on any atom is 0.221 e. The van der Waals surface area contributed by atoms with Crippen LogP contribution in [-0.2, 0) is 4.79 Å². The molecule has 1 atom stereocenters. The fourth-order valence-corrected chi connectivity index (χ4v) is 3.86. The van der Waals surface area contributed by atoms with Gasteiger partial charge in [0, 0.05) is 51.1 Å². The number of unbranched alkanes of at least 4 members (excludes halogenated alkanes) is 3. The second-order valence-corrected chi connectivity index (χ2v) is 8.22. The van der Waals surface area contributed by atoms with Crippen LogP contribution in [-0.4, -0.2) is 35.9 Å². The number of aromatic nitrogens is 2. The van der Waals surface area contributed by atoms with Crippen molar-refractivity contribution in [3.63, 3.8) is 0 Å². The molecule has 5 heteroatoms. The molecule has 1 N–H and O–H groups in total. The van der Waals surface area contributed by atoms with Crippen LogP contribution in [0.3, 0.4) is 0 Å². The number of hydrogen-bond acceptors (Lipinski definition) is 3. The van der Waals surface area contributed by atoms with E-state index in [1.165, 1.54) is 19.3 Å². The van der Waals surface area contributed by atoms with Crippen LogP contribution >= 0.6 is 0 Å². The van der Waals surface area contributed by atoms with Crippen molar-refractivity contribution in [3.05, 3.63) is 65.6 Å². The number of pyridine rings is 1. The van der Waals surface area contributed by atoms with Crippen molar-refractivity contribution in [2.75, 3.05) is 25.5 Å². The summed E-state index contributed by atoms with van der Waals surface area (Å²) in [5.74, 6) is 0.0458.